The van der Waals surface area contributed by atoms with Crippen molar-refractivity contribution in [2.75, 3.05) is 4.72 Å². The second-order valence-electron chi connectivity index (χ2n) is 7.19. The first-order valence-corrected chi connectivity index (χ1v) is 10.6. The van der Waals surface area contributed by atoms with Crippen molar-refractivity contribution in [2.45, 2.75) is 48.8 Å². The Hall–Kier alpha value is -1.86. The molecule has 0 radical (unpaired) electrons. The molecule has 0 spiro atoms. The Kier molecular flexibility index (Phi) is 3.70. The van der Waals surface area contributed by atoms with Crippen LogP contribution in [0.4, 0.5) is 5.69 Å². The van der Waals surface area contributed by atoms with Crippen molar-refractivity contribution in [3.05, 3.63) is 40.8 Å². The third-order valence-electron chi connectivity index (χ3n) is 4.44. The van der Waals surface area contributed by atoms with E-state index in [1.165, 1.54) is 11.3 Å². The van der Waals surface area contributed by atoms with Gasteiger partial charge in [0.15, 0.2) is 11.5 Å². The van der Waals surface area contributed by atoms with Crippen molar-refractivity contribution in [1.29, 1.82) is 0 Å². The quantitative estimate of drug-likeness (QED) is 0.868. The monoisotopic (exact) mass is 377 g/mol. The Balaban J connectivity index is 1.73. The number of sulfonamides is 1. The number of fused-ring (bicyclic) bond motifs is 1. The number of rotatable bonds is 4. The lowest BCUT2D eigenvalue weighted by Gasteiger charge is -2.32. The van der Waals surface area contributed by atoms with Gasteiger partial charge in [0, 0.05) is 0 Å². The minimum Gasteiger partial charge on any atom is -0.484 e. The second kappa shape index (κ2) is 5.57. The van der Waals surface area contributed by atoms with Gasteiger partial charge in [0.2, 0.25) is 0 Å². The molecule has 0 atom stereocenters. The fraction of sp³-hybridized carbons (Fsp3) is 0.389. The number of hydrogen-bond acceptors (Lipinski definition) is 5. The van der Waals surface area contributed by atoms with Crippen LogP contribution in [0.15, 0.2) is 33.9 Å². The highest BCUT2D eigenvalue weighted by Gasteiger charge is 2.36. The maximum absolute atomic E-state index is 12.9. The number of Topliss-reactive ketones (excluding diaryl/α,β-unsaturated/α-hetero) is 1. The van der Waals surface area contributed by atoms with Crippen molar-refractivity contribution in [3.8, 4) is 5.75 Å². The van der Waals surface area contributed by atoms with E-state index in [1.54, 1.807) is 18.2 Å². The van der Waals surface area contributed by atoms with Crippen molar-refractivity contribution in [2.24, 2.45) is 0 Å². The summed E-state index contributed by atoms with van der Waals surface area (Å²) in [5.74, 6) is 0.623. The molecule has 4 rings (SSSR count). The highest BCUT2D eigenvalue weighted by molar-refractivity contribution is 7.94. The second-order valence-corrected chi connectivity index (χ2v) is 9.98. The Morgan fingerprint density at radius 2 is 2.00 bits per heavy atom. The van der Waals surface area contributed by atoms with Gasteiger partial charge in [-0.15, -0.1) is 11.3 Å². The maximum atomic E-state index is 12.9. The predicted molar refractivity (Wildman–Crippen MR) is 97.2 cm³/mol. The zero-order valence-corrected chi connectivity index (χ0v) is 15.7. The van der Waals surface area contributed by atoms with Crippen LogP contribution in [-0.4, -0.2) is 19.8 Å². The molecule has 1 N–H and O–H groups in total. The fourth-order valence-corrected chi connectivity index (χ4v) is 5.75. The molecule has 0 unspecified atom stereocenters. The summed E-state index contributed by atoms with van der Waals surface area (Å²) in [5.41, 5.74) is 0.967. The van der Waals surface area contributed by atoms with Crippen LogP contribution in [0.25, 0.3) is 0 Å². The molecule has 1 aliphatic heterocycles. The maximum Gasteiger partial charge on any atom is 0.271 e. The summed E-state index contributed by atoms with van der Waals surface area (Å²) in [6, 6.07) is 6.87. The van der Waals surface area contributed by atoms with E-state index in [2.05, 4.69) is 4.72 Å². The topological polar surface area (TPSA) is 72.5 Å². The third kappa shape index (κ3) is 3.06. The molecule has 2 heterocycles. The molecule has 7 heteroatoms. The summed E-state index contributed by atoms with van der Waals surface area (Å²) in [4.78, 5) is 12.3. The molecule has 132 valence electrons. The number of benzene rings is 1. The summed E-state index contributed by atoms with van der Waals surface area (Å²) < 4.78 is 34.7. The average molecular weight is 377 g/mol. The van der Waals surface area contributed by atoms with Crippen LogP contribution < -0.4 is 9.46 Å². The molecule has 1 aromatic heterocycles. The molecule has 0 saturated heterocycles. The van der Waals surface area contributed by atoms with Gasteiger partial charge in [-0.3, -0.25) is 9.52 Å². The summed E-state index contributed by atoms with van der Waals surface area (Å²) in [6.07, 6.45) is 2.34. The third-order valence-corrected chi connectivity index (χ3v) is 7.33. The van der Waals surface area contributed by atoms with E-state index in [-0.39, 0.29) is 12.2 Å². The van der Waals surface area contributed by atoms with E-state index in [0.717, 1.165) is 18.4 Å². The van der Waals surface area contributed by atoms with Gasteiger partial charge in [0.25, 0.3) is 10.0 Å². The summed E-state index contributed by atoms with van der Waals surface area (Å²) in [6.45, 7) is 3.65. The predicted octanol–water partition coefficient (Wildman–Crippen LogP) is 4.17. The lowest BCUT2D eigenvalue weighted by Crippen LogP contribution is -2.36. The number of thiophene rings is 1. The highest BCUT2D eigenvalue weighted by Crippen LogP contribution is 2.45. The summed E-state index contributed by atoms with van der Waals surface area (Å²) in [5, 5.41) is 1.81. The smallest absolute Gasteiger partial charge is 0.271 e. The van der Waals surface area contributed by atoms with Crippen LogP contribution in [0.3, 0.4) is 0 Å². The van der Waals surface area contributed by atoms with Crippen molar-refractivity contribution in [3.63, 3.8) is 0 Å². The Labute approximate surface area is 151 Å². The minimum atomic E-state index is -3.72. The van der Waals surface area contributed by atoms with Gasteiger partial charge in [0.1, 0.15) is 9.81 Å². The number of hydrogen-bond donors (Lipinski definition) is 1. The molecule has 1 aromatic carbocycles. The molecule has 25 heavy (non-hydrogen) atoms. The van der Waals surface area contributed by atoms with Crippen LogP contribution in [-0.2, 0) is 10.0 Å². The van der Waals surface area contributed by atoms with Crippen LogP contribution >= 0.6 is 11.3 Å². The Morgan fingerprint density at radius 1 is 1.24 bits per heavy atom. The number of carbonyl (C=O) groups excluding carboxylic acids is 1. The zero-order chi connectivity index (χ0) is 17.8. The number of ketones is 1. The zero-order valence-electron chi connectivity index (χ0n) is 14.0. The molecule has 1 saturated carbocycles. The van der Waals surface area contributed by atoms with Crippen molar-refractivity contribution < 1.29 is 17.9 Å². The number of anilines is 1. The summed E-state index contributed by atoms with van der Waals surface area (Å²) >= 11 is 1.22. The van der Waals surface area contributed by atoms with Gasteiger partial charge in [-0.2, -0.15) is 0 Å². The van der Waals surface area contributed by atoms with E-state index in [9.17, 15) is 13.2 Å². The van der Waals surface area contributed by atoms with E-state index < -0.39 is 15.6 Å². The molecule has 1 fully saturated rings. The largest absolute Gasteiger partial charge is 0.484 e. The van der Waals surface area contributed by atoms with Gasteiger partial charge < -0.3 is 4.74 Å². The van der Waals surface area contributed by atoms with E-state index in [4.69, 9.17) is 4.74 Å². The Morgan fingerprint density at radius 3 is 2.72 bits per heavy atom. The molecule has 0 amide bonds. The minimum absolute atomic E-state index is 0.0397. The summed E-state index contributed by atoms with van der Waals surface area (Å²) in [7, 11) is -3.72. The average Bonchev–Trinajstić information content (AvgIpc) is 3.23. The first kappa shape index (κ1) is 16.6. The molecule has 2 aliphatic rings. The standard InChI is InChI=1S/C18H19NO4S2/c1-18(2)10-15(20)13-4-3-5-14(16(13)23-18)19-25(21,22)17-12(8-9-24-17)11-6-7-11/h3-5,8-9,11,19H,6-7,10H2,1-2H3. The molecule has 1 aliphatic carbocycles. The molecular formula is C18H19NO4S2. The normalized spacial score (nSPS) is 19.2. The van der Waals surface area contributed by atoms with Crippen LogP contribution in [0.1, 0.15) is 54.9 Å². The number of nitrogens with one attached hydrogen (secondary N) is 1. The van der Waals surface area contributed by atoms with Gasteiger partial charge in [-0.25, -0.2) is 8.42 Å². The number of ether oxygens (including phenoxy) is 1. The lowest BCUT2D eigenvalue weighted by molar-refractivity contribution is 0.0624. The van der Waals surface area contributed by atoms with Crippen molar-refractivity contribution >= 4 is 32.8 Å². The molecular weight excluding hydrogens is 358 g/mol. The SMILES string of the molecule is CC1(C)CC(=O)c2cccc(NS(=O)(=O)c3sccc3C3CC3)c2O1. The number of para-hydroxylation sites is 1. The van der Waals surface area contributed by atoms with Crippen LogP contribution in [0.2, 0.25) is 0 Å². The Bertz CT molecular complexity index is 955. The van der Waals surface area contributed by atoms with Gasteiger partial charge in [-0.05, 0) is 61.7 Å². The number of carbonyl (C=O) groups is 1. The van der Waals surface area contributed by atoms with Crippen molar-refractivity contribution in [1.82, 2.24) is 0 Å². The molecule has 0 bridgehead atoms. The van der Waals surface area contributed by atoms with Crippen LogP contribution in [0.5, 0.6) is 5.75 Å². The molecule has 2 aromatic rings. The lowest BCUT2D eigenvalue weighted by atomic mass is 9.93. The highest BCUT2D eigenvalue weighted by atomic mass is 32.2. The molecule has 5 nitrogen and oxygen atoms in total. The van der Waals surface area contributed by atoms with Gasteiger partial charge >= 0.3 is 0 Å². The fourth-order valence-electron chi connectivity index (χ4n) is 3.15. The first-order chi connectivity index (χ1) is 11.8. The van der Waals surface area contributed by atoms with Crippen LogP contribution in [0, 0.1) is 0 Å². The van der Waals surface area contributed by atoms with E-state index in [1.807, 2.05) is 25.3 Å². The van der Waals surface area contributed by atoms with E-state index >= 15 is 0 Å². The van der Waals surface area contributed by atoms with Gasteiger partial charge in [-0.1, -0.05) is 6.07 Å². The first-order valence-electron chi connectivity index (χ1n) is 8.22. The van der Waals surface area contributed by atoms with Gasteiger partial charge in [0.05, 0.1) is 17.7 Å². The van der Waals surface area contributed by atoms with E-state index in [0.29, 0.717) is 27.1 Å².